The van der Waals surface area contributed by atoms with Crippen LogP contribution in [0.15, 0.2) is 0 Å². The quantitative estimate of drug-likeness (QED) is 0.621. The molecule has 6 saturated carbocycles. The Labute approximate surface area is 82.8 Å². The van der Waals surface area contributed by atoms with Crippen molar-refractivity contribution in [3.63, 3.8) is 0 Å². The van der Waals surface area contributed by atoms with Crippen molar-refractivity contribution in [1.82, 2.24) is 0 Å². The van der Waals surface area contributed by atoms with Crippen molar-refractivity contribution >= 4 is 16.8 Å². The van der Waals surface area contributed by atoms with Gasteiger partial charge in [-0.3, -0.25) is 4.79 Å². The molecule has 0 atom stereocenters. The number of carbonyl (C=O) groups is 1. The molecule has 6 fully saturated rings. The minimum Gasteiger partial charge on any atom is -0.281 e. The second kappa shape index (κ2) is 1.60. The highest BCUT2D eigenvalue weighted by molar-refractivity contribution is 6.65. The lowest BCUT2D eigenvalue weighted by molar-refractivity contribution is -0.335. The molecule has 6 aliphatic carbocycles. The van der Waals surface area contributed by atoms with Crippen LogP contribution in [0.25, 0.3) is 0 Å². The van der Waals surface area contributed by atoms with Crippen LogP contribution in [0.4, 0.5) is 0 Å². The molecule has 4 bridgehead atoms. The van der Waals surface area contributed by atoms with Crippen LogP contribution in [0.1, 0.15) is 38.5 Å². The third-order valence-corrected chi connectivity index (χ3v) is 6.01. The van der Waals surface area contributed by atoms with E-state index in [9.17, 15) is 4.79 Å². The van der Waals surface area contributed by atoms with Crippen molar-refractivity contribution in [2.45, 2.75) is 38.5 Å². The van der Waals surface area contributed by atoms with Gasteiger partial charge in [0, 0.05) is 5.41 Å². The van der Waals surface area contributed by atoms with Gasteiger partial charge < -0.3 is 0 Å². The zero-order valence-corrected chi connectivity index (χ0v) is 8.36. The Kier molecular flexibility index (Phi) is 0.896. The zero-order valence-electron chi connectivity index (χ0n) is 7.61. The topological polar surface area (TPSA) is 17.1 Å². The van der Waals surface area contributed by atoms with Crippen LogP contribution >= 0.6 is 11.6 Å². The fourth-order valence-electron chi connectivity index (χ4n) is 4.69. The molecule has 0 unspecified atom stereocenters. The lowest BCUT2D eigenvalue weighted by Crippen LogP contribution is -2.77. The molecule has 0 heterocycles. The van der Waals surface area contributed by atoms with E-state index in [-0.39, 0.29) is 10.7 Å². The number of halogens is 1. The molecule has 1 nitrogen and oxygen atoms in total. The first-order valence-electron chi connectivity index (χ1n) is 5.30. The third-order valence-electron chi connectivity index (χ3n) is 5.61. The highest BCUT2D eigenvalue weighted by Crippen LogP contribution is 2.88. The van der Waals surface area contributed by atoms with Crippen LogP contribution in [-0.4, -0.2) is 5.24 Å². The fraction of sp³-hybridized carbons (Fsp3) is 0.909. The van der Waals surface area contributed by atoms with Gasteiger partial charge >= 0.3 is 0 Å². The van der Waals surface area contributed by atoms with Gasteiger partial charge in [0.05, 0.1) is 0 Å². The summed E-state index contributed by atoms with van der Waals surface area (Å²) in [6, 6.07) is 0. The third kappa shape index (κ3) is 0.516. The molecular formula is C11H13ClO. The summed E-state index contributed by atoms with van der Waals surface area (Å²) in [5.41, 5.74) is 1.29. The van der Waals surface area contributed by atoms with Gasteiger partial charge in [-0.1, -0.05) is 0 Å². The number of carbonyl (C=O) groups excluding carboxylic acids is 1. The average molecular weight is 197 g/mol. The van der Waals surface area contributed by atoms with Crippen molar-refractivity contribution in [2.75, 3.05) is 0 Å². The predicted octanol–water partition coefficient (Wildman–Crippen LogP) is 2.72. The highest BCUT2D eigenvalue weighted by Gasteiger charge is 2.81. The summed E-state index contributed by atoms with van der Waals surface area (Å²) >= 11 is 5.61. The molecule has 70 valence electrons. The fourth-order valence-corrected chi connectivity index (χ4v) is 4.89. The summed E-state index contributed by atoms with van der Waals surface area (Å²) in [5.74, 6) is 1.07. The Balaban J connectivity index is 1.59. The van der Waals surface area contributed by atoms with E-state index >= 15 is 0 Å². The van der Waals surface area contributed by atoms with E-state index in [2.05, 4.69) is 0 Å². The van der Waals surface area contributed by atoms with Gasteiger partial charge in [-0.25, -0.2) is 0 Å². The Morgan fingerprint density at radius 3 is 1.92 bits per heavy atom. The Morgan fingerprint density at radius 2 is 1.62 bits per heavy atom. The van der Waals surface area contributed by atoms with Gasteiger partial charge in [0.25, 0.3) is 0 Å². The number of hydrogen-bond donors (Lipinski definition) is 0. The first-order chi connectivity index (χ1) is 6.10. The zero-order chi connectivity index (χ0) is 8.90. The molecule has 0 saturated heterocycles. The molecule has 0 aromatic carbocycles. The van der Waals surface area contributed by atoms with E-state index in [1.165, 1.54) is 19.3 Å². The van der Waals surface area contributed by atoms with Gasteiger partial charge in [0.2, 0.25) is 5.24 Å². The summed E-state index contributed by atoms with van der Waals surface area (Å²) in [5, 5.41) is -0.0547. The maximum Gasteiger partial charge on any atom is 0.227 e. The molecular weight excluding hydrogens is 184 g/mol. The minimum absolute atomic E-state index is 0.0308. The summed E-state index contributed by atoms with van der Waals surface area (Å²) in [7, 11) is 0. The average Bonchev–Trinajstić information content (AvgIpc) is 1.62. The van der Waals surface area contributed by atoms with E-state index in [0.717, 1.165) is 25.2 Å². The summed E-state index contributed by atoms with van der Waals surface area (Å²) < 4.78 is 0. The molecule has 0 spiro atoms. The maximum atomic E-state index is 11.1. The van der Waals surface area contributed by atoms with Crippen LogP contribution in [-0.2, 0) is 4.79 Å². The number of hydrogen-bond acceptors (Lipinski definition) is 1. The standard InChI is InChI=1S/C11H13ClO/c12-8(13)9-4-11(5-9,6-9)10-1-7(2-10)3-10/h7H,1-6H2. The highest BCUT2D eigenvalue weighted by atomic mass is 35.5. The van der Waals surface area contributed by atoms with Gasteiger partial charge in [-0.2, -0.15) is 0 Å². The molecule has 0 amide bonds. The lowest BCUT2D eigenvalue weighted by atomic mass is 9.20. The largest absolute Gasteiger partial charge is 0.281 e. The summed E-state index contributed by atoms with van der Waals surface area (Å²) in [6.45, 7) is 0. The van der Waals surface area contributed by atoms with Crippen LogP contribution in [0, 0.1) is 22.2 Å². The van der Waals surface area contributed by atoms with Crippen LogP contribution in [0.3, 0.4) is 0 Å². The molecule has 0 aromatic rings. The van der Waals surface area contributed by atoms with Gasteiger partial charge in [-0.15, -0.1) is 0 Å². The van der Waals surface area contributed by atoms with E-state index in [1.54, 1.807) is 0 Å². The molecule has 0 N–H and O–H groups in total. The molecule has 6 aliphatic rings. The first kappa shape index (κ1) is 7.28. The summed E-state index contributed by atoms with van der Waals surface area (Å²) in [6.07, 6.45) is 7.82. The van der Waals surface area contributed by atoms with Crippen molar-refractivity contribution in [3.8, 4) is 0 Å². The first-order valence-corrected chi connectivity index (χ1v) is 5.68. The van der Waals surface area contributed by atoms with E-state index in [0.29, 0.717) is 10.8 Å². The van der Waals surface area contributed by atoms with Crippen molar-refractivity contribution in [1.29, 1.82) is 0 Å². The minimum atomic E-state index is -0.0547. The molecule has 0 radical (unpaired) electrons. The Hall–Kier alpha value is -0.0400. The van der Waals surface area contributed by atoms with Crippen LogP contribution in [0.5, 0.6) is 0 Å². The van der Waals surface area contributed by atoms with Gasteiger partial charge in [-0.05, 0) is 66.9 Å². The molecule has 0 aromatic heterocycles. The Bertz CT molecular complexity index is 296. The lowest BCUT2D eigenvalue weighted by Gasteiger charge is -2.83. The molecule has 2 heteroatoms. The molecule has 0 aliphatic heterocycles. The van der Waals surface area contributed by atoms with Crippen molar-refractivity contribution in [3.05, 3.63) is 0 Å². The van der Waals surface area contributed by atoms with Crippen LogP contribution in [0.2, 0.25) is 0 Å². The SMILES string of the molecule is O=C(Cl)C12CC(C34CC(C3)C4)(C1)C2. The van der Waals surface area contributed by atoms with E-state index < -0.39 is 0 Å². The molecule has 6 rings (SSSR count). The van der Waals surface area contributed by atoms with Crippen molar-refractivity contribution < 1.29 is 4.79 Å². The second-order valence-corrected chi connectivity index (χ2v) is 6.47. The predicted molar refractivity (Wildman–Crippen MR) is 49.4 cm³/mol. The number of rotatable bonds is 2. The smallest absolute Gasteiger partial charge is 0.227 e. The second-order valence-electron chi connectivity index (χ2n) is 6.12. The van der Waals surface area contributed by atoms with E-state index in [1.807, 2.05) is 0 Å². The van der Waals surface area contributed by atoms with Gasteiger partial charge in [0.15, 0.2) is 0 Å². The maximum absolute atomic E-state index is 11.1. The van der Waals surface area contributed by atoms with Crippen molar-refractivity contribution in [2.24, 2.45) is 22.2 Å². The molecule has 13 heavy (non-hydrogen) atoms. The monoisotopic (exact) mass is 196 g/mol. The normalized spacial score (nSPS) is 65.5. The van der Waals surface area contributed by atoms with Gasteiger partial charge in [0.1, 0.15) is 0 Å². The van der Waals surface area contributed by atoms with Crippen LogP contribution < -0.4 is 0 Å². The summed E-state index contributed by atoms with van der Waals surface area (Å²) in [4.78, 5) is 11.1. The Morgan fingerprint density at radius 1 is 1.08 bits per heavy atom. The van der Waals surface area contributed by atoms with E-state index in [4.69, 9.17) is 11.6 Å².